The van der Waals surface area contributed by atoms with Gasteiger partial charge in [0.15, 0.2) is 0 Å². The average molecular weight is 314 g/mol. The number of thiophene rings is 1. The summed E-state index contributed by atoms with van der Waals surface area (Å²) in [5.41, 5.74) is 1.04. The lowest BCUT2D eigenvalue weighted by Crippen LogP contribution is -2.34. The zero-order valence-electron chi connectivity index (χ0n) is 12.7. The highest BCUT2D eigenvalue weighted by Gasteiger charge is 2.28. The SMILES string of the molecule is Cc1nc(C)n(CC2CCCN2c2ncnc3ccsc23)n1. The monoisotopic (exact) mass is 314 g/mol. The second kappa shape index (κ2) is 5.31. The van der Waals surface area contributed by atoms with Crippen molar-refractivity contribution < 1.29 is 0 Å². The first-order chi connectivity index (χ1) is 10.7. The van der Waals surface area contributed by atoms with Crippen molar-refractivity contribution in [2.45, 2.75) is 39.3 Å². The molecule has 6 nitrogen and oxygen atoms in total. The van der Waals surface area contributed by atoms with E-state index in [4.69, 9.17) is 0 Å². The Morgan fingerprint density at radius 3 is 3.05 bits per heavy atom. The van der Waals surface area contributed by atoms with Gasteiger partial charge in [-0.25, -0.2) is 19.6 Å². The molecule has 0 radical (unpaired) electrons. The fourth-order valence-electron chi connectivity index (χ4n) is 3.22. The minimum absolute atomic E-state index is 0.417. The molecule has 1 aliphatic rings. The summed E-state index contributed by atoms with van der Waals surface area (Å²) in [4.78, 5) is 15.7. The summed E-state index contributed by atoms with van der Waals surface area (Å²) in [6.45, 7) is 5.86. The van der Waals surface area contributed by atoms with Crippen molar-refractivity contribution in [2.24, 2.45) is 0 Å². The molecule has 1 unspecified atom stereocenters. The molecule has 3 aromatic heterocycles. The first kappa shape index (κ1) is 13.6. The van der Waals surface area contributed by atoms with Gasteiger partial charge in [-0.2, -0.15) is 5.10 Å². The van der Waals surface area contributed by atoms with E-state index in [1.807, 2.05) is 18.5 Å². The van der Waals surface area contributed by atoms with Gasteiger partial charge in [0.2, 0.25) is 0 Å². The predicted molar refractivity (Wildman–Crippen MR) is 87.3 cm³/mol. The van der Waals surface area contributed by atoms with E-state index in [2.05, 4.69) is 36.4 Å². The maximum atomic E-state index is 4.56. The molecule has 1 saturated heterocycles. The molecule has 0 aromatic carbocycles. The Morgan fingerprint density at radius 2 is 2.23 bits per heavy atom. The van der Waals surface area contributed by atoms with Crippen molar-refractivity contribution in [3.63, 3.8) is 0 Å². The van der Waals surface area contributed by atoms with Crippen LogP contribution in [0.15, 0.2) is 17.8 Å². The van der Waals surface area contributed by atoms with E-state index in [0.29, 0.717) is 6.04 Å². The van der Waals surface area contributed by atoms with Crippen molar-refractivity contribution in [3.8, 4) is 0 Å². The minimum atomic E-state index is 0.417. The lowest BCUT2D eigenvalue weighted by atomic mass is 10.2. The molecule has 4 rings (SSSR count). The normalized spacial score (nSPS) is 18.5. The van der Waals surface area contributed by atoms with Gasteiger partial charge in [-0.15, -0.1) is 11.3 Å². The van der Waals surface area contributed by atoms with Gasteiger partial charge in [-0.1, -0.05) is 0 Å². The molecular formula is C15H18N6S. The number of nitrogens with zero attached hydrogens (tertiary/aromatic N) is 6. The average Bonchev–Trinajstić information content (AvgIpc) is 3.20. The summed E-state index contributed by atoms with van der Waals surface area (Å²) in [7, 11) is 0. The van der Waals surface area contributed by atoms with Crippen molar-refractivity contribution in [1.29, 1.82) is 0 Å². The summed E-state index contributed by atoms with van der Waals surface area (Å²) in [5, 5.41) is 6.59. The molecule has 7 heteroatoms. The van der Waals surface area contributed by atoms with Gasteiger partial charge in [0, 0.05) is 6.54 Å². The molecule has 1 fully saturated rings. The molecule has 0 amide bonds. The third-order valence-corrected chi connectivity index (χ3v) is 5.12. The maximum Gasteiger partial charge on any atom is 0.150 e. The zero-order valence-corrected chi connectivity index (χ0v) is 13.5. The number of anilines is 1. The Labute approximate surface area is 132 Å². The van der Waals surface area contributed by atoms with E-state index in [-0.39, 0.29) is 0 Å². The van der Waals surface area contributed by atoms with Gasteiger partial charge in [0.05, 0.1) is 22.8 Å². The Morgan fingerprint density at radius 1 is 1.32 bits per heavy atom. The molecule has 1 atom stereocenters. The molecular weight excluding hydrogens is 296 g/mol. The van der Waals surface area contributed by atoms with E-state index in [1.54, 1.807) is 17.7 Å². The fraction of sp³-hybridized carbons (Fsp3) is 0.467. The van der Waals surface area contributed by atoms with Crippen molar-refractivity contribution in [3.05, 3.63) is 29.4 Å². The van der Waals surface area contributed by atoms with Crippen LogP contribution < -0.4 is 4.90 Å². The maximum absolute atomic E-state index is 4.56. The highest BCUT2D eigenvalue weighted by molar-refractivity contribution is 7.17. The Kier molecular flexibility index (Phi) is 3.29. The lowest BCUT2D eigenvalue weighted by Gasteiger charge is -2.26. The zero-order chi connectivity index (χ0) is 15.1. The summed E-state index contributed by atoms with van der Waals surface area (Å²) in [5.74, 6) is 2.88. The van der Waals surface area contributed by atoms with Crippen LogP contribution in [0.1, 0.15) is 24.5 Å². The van der Waals surface area contributed by atoms with Gasteiger partial charge in [0.1, 0.15) is 23.8 Å². The highest BCUT2D eigenvalue weighted by atomic mass is 32.1. The molecule has 0 spiro atoms. The van der Waals surface area contributed by atoms with E-state index >= 15 is 0 Å². The van der Waals surface area contributed by atoms with Crippen molar-refractivity contribution >= 4 is 27.4 Å². The summed E-state index contributed by atoms with van der Waals surface area (Å²) in [6.07, 6.45) is 4.02. The fourth-order valence-corrected chi connectivity index (χ4v) is 4.07. The molecule has 1 aliphatic heterocycles. The number of rotatable bonds is 3. The highest BCUT2D eigenvalue weighted by Crippen LogP contribution is 2.33. The smallest absolute Gasteiger partial charge is 0.150 e. The summed E-state index contributed by atoms with van der Waals surface area (Å²) < 4.78 is 3.20. The first-order valence-electron chi connectivity index (χ1n) is 7.55. The number of aryl methyl sites for hydroxylation is 2. The molecule has 0 N–H and O–H groups in total. The third kappa shape index (κ3) is 2.25. The topological polar surface area (TPSA) is 59.7 Å². The van der Waals surface area contributed by atoms with Gasteiger partial charge >= 0.3 is 0 Å². The van der Waals surface area contributed by atoms with Crippen LogP contribution in [-0.2, 0) is 6.54 Å². The Hall–Kier alpha value is -2.02. The van der Waals surface area contributed by atoms with Crippen molar-refractivity contribution in [2.75, 3.05) is 11.4 Å². The van der Waals surface area contributed by atoms with Gasteiger partial charge < -0.3 is 4.90 Å². The van der Waals surface area contributed by atoms with Gasteiger partial charge in [0.25, 0.3) is 0 Å². The van der Waals surface area contributed by atoms with Crippen LogP contribution in [0.25, 0.3) is 10.2 Å². The van der Waals surface area contributed by atoms with Crippen LogP contribution in [0.2, 0.25) is 0 Å². The standard InChI is InChI=1S/C15H18N6S/c1-10-18-11(2)21(19-10)8-12-4-3-6-20(12)15-14-13(5-7-22-14)16-9-17-15/h5,7,9,12H,3-4,6,8H2,1-2H3. The van der Waals surface area contributed by atoms with E-state index in [0.717, 1.165) is 42.5 Å². The largest absolute Gasteiger partial charge is 0.350 e. The second-order valence-corrected chi connectivity index (χ2v) is 6.63. The lowest BCUT2D eigenvalue weighted by molar-refractivity contribution is 0.496. The van der Waals surface area contributed by atoms with Gasteiger partial charge in [-0.3, -0.25) is 0 Å². The molecule has 0 aliphatic carbocycles. The van der Waals surface area contributed by atoms with Crippen LogP contribution in [0, 0.1) is 13.8 Å². The van der Waals surface area contributed by atoms with Gasteiger partial charge in [-0.05, 0) is 38.1 Å². The van der Waals surface area contributed by atoms with E-state index in [1.165, 1.54) is 11.1 Å². The number of hydrogen-bond donors (Lipinski definition) is 0. The molecule has 3 aromatic rings. The Balaban J connectivity index is 1.66. The van der Waals surface area contributed by atoms with E-state index < -0.39 is 0 Å². The minimum Gasteiger partial charge on any atom is -0.350 e. The van der Waals surface area contributed by atoms with Crippen LogP contribution >= 0.6 is 11.3 Å². The predicted octanol–water partition coefficient (Wildman–Crippen LogP) is 2.57. The molecule has 22 heavy (non-hydrogen) atoms. The molecule has 114 valence electrons. The number of aromatic nitrogens is 5. The van der Waals surface area contributed by atoms with Crippen molar-refractivity contribution in [1.82, 2.24) is 24.7 Å². The van der Waals surface area contributed by atoms with Crippen LogP contribution in [0.4, 0.5) is 5.82 Å². The molecule has 0 bridgehead atoms. The van der Waals surface area contributed by atoms with Crippen LogP contribution in [-0.4, -0.2) is 37.3 Å². The Bertz CT molecular complexity index is 807. The molecule has 0 saturated carbocycles. The third-order valence-electron chi connectivity index (χ3n) is 4.22. The van der Waals surface area contributed by atoms with E-state index in [9.17, 15) is 0 Å². The summed E-state index contributed by atoms with van der Waals surface area (Å²) in [6, 6.07) is 2.47. The second-order valence-electron chi connectivity index (χ2n) is 5.71. The number of fused-ring (bicyclic) bond motifs is 1. The summed E-state index contributed by atoms with van der Waals surface area (Å²) >= 11 is 1.71. The first-order valence-corrected chi connectivity index (χ1v) is 8.43. The number of hydrogen-bond acceptors (Lipinski definition) is 6. The van der Waals surface area contributed by atoms with Crippen LogP contribution in [0.5, 0.6) is 0 Å². The molecule has 4 heterocycles. The van der Waals surface area contributed by atoms with Crippen LogP contribution in [0.3, 0.4) is 0 Å². The quantitative estimate of drug-likeness (QED) is 0.743.